The highest BCUT2D eigenvalue weighted by Crippen LogP contribution is 2.39. The van der Waals surface area contributed by atoms with E-state index in [1.54, 1.807) is 12.4 Å². The summed E-state index contributed by atoms with van der Waals surface area (Å²) in [4.78, 5) is 35.2. The number of rotatable bonds is 3. The minimum Gasteiger partial charge on any atom is -0.462 e. The number of piperidine rings is 1. The molecule has 1 aliphatic carbocycles. The number of benzene rings is 1. The lowest BCUT2D eigenvalue weighted by Crippen LogP contribution is -2.45. The summed E-state index contributed by atoms with van der Waals surface area (Å²) in [5, 5.41) is 21.2. The number of fused-ring (bicyclic) bond motifs is 1. The molecule has 1 aromatic heterocycles. The summed E-state index contributed by atoms with van der Waals surface area (Å²) >= 11 is 0. The Morgan fingerprint density at radius 2 is 1.62 bits per heavy atom. The maximum absolute atomic E-state index is 13.6. The molecule has 2 fully saturated rings. The van der Waals surface area contributed by atoms with Gasteiger partial charge in [0, 0.05) is 37.9 Å². The number of aromatic nitrogens is 1. The van der Waals surface area contributed by atoms with E-state index < -0.39 is 17.6 Å². The van der Waals surface area contributed by atoms with Gasteiger partial charge in [-0.05, 0) is 86.9 Å². The minimum absolute atomic E-state index is 0.0823. The molecule has 210 valence electrons. The maximum Gasteiger partial charge on any atom is 0.312 e. The van der Waals surface area contributed by atoms with Crippen LogP contribution in [0.1, 0.15) is 55.2 Å². The standard InChI is InChI=1S/C31H41N3O5/c35-27-9-16-34(29(37)26-19-24-5-1-2-6-25(24)20-26)15-4-3-10-31(30(38)39-22-28(27)36)11-17-33(18-12-31)21-23-7-13-32-14-8-23/h1-2,5-8,13-14,26-28,35-36H,3-4,9-12,15-22H2/t27-,28+/m0/s1. The van der Waals surface area contributed by atoms with Crippen LogP contribution in [0.3, 0.4) is 0 Å². The van der Waals surface area contributed by atoms with E-state index in [1.165, 1.54) is 16.7 Å². The third-order valence-corrected chi connectivity index (χ3v) is 8.97. The molecule has 3 heterocycles. The molecule has 3 aliphatic rings. The Labute approximate surface area is 231 Å². The minimum atomic E-state index is -1.17. The predicted octanol–water partition coefficient (Wildman–Crippen LogP) is 2.75. The van der Waals surface area contributed by atoms with Gasteiger partial charge in [-0.1, -0.05) is 30.7 Å². The molecule has 0 radical (unpaired) electrons. The fourth-order valence-electron chi connectivity index (χ4n) is 6.44. The van der Waals surface area contributed by atoms with Crippen molar-refractivity contribution in [1.82, 2.24) is 14.8 Å². The molecule has 39 heavy (non-hydrogen) atoms. The van der Waals surface area contributed by atoms with E-state index in [-0.39, 0.29) is 30.8 Å². The first-order valence-electron chi connectivity index (χ1n) is 14.4. The van der Waals surface area contributed by atoms with Crippen LogP contribution >= 0.6 is 0 Å². The smallest absolute Gasteiger partial charge is 0.312 e. The van der Waals surface area contributed by atoms with E-state index in [2.05, 4.69) is 22.0 Å². The molecule has 1 aromatic carbocycles. The highest BCUT2D eigenvalue weighted by Gasteiger charge is 2.43. The van der Waals surface area contributed by atoms with Gasteiger partial charge in [0.15, 0.2) is 0 Å². The molecule has 8 heteroatoms. The van der Waals surface area contributed by atoms with Crippen LogP contribution in [0.4, 0.5) is 0 Å². The van der Waals surface area contributed by atoms with Crippen LogP contribution < -0.4 is 0 Å². The molecule has 8 nitrogen and oxygen atoms in total. The van der Waals surface area contributed by atoms with Crippen LogP contribution in [0.2, 0.25) is 0 Å². The second-order valence-electron chi connectivity index (χ2n) is 11.6. The van der Waals surface area contributed by atoms with Crippen LogP contribution in [-0.4, -0.2) is 81.9 Å². The summed E-state index contributed by atoms with van der Waals surface area (Å²) in [6.45, 7) is 3.14. The summed E-state index contributed by atoms with van der Waals surface area (Å²) in [6.07, 6.45) is 6.80. The number of aliphatic hydroxyl groups is 2. The molecule has 2 N–H and O–H groups in total. The Balaban J connectivity index is 1.23. The van der Waals surface area contributed by atoms with Crippen LogP contribution in [0, 0.1) is 11.3 Å². The monoisotopic (exact) mass is 535 g/mol. The van der Waals surface area contributed by atoms with E-state index >= 15 is 0 Å². The number of ether oxygens (including phenoxy) is 1. The topological polar surface area (TPSA) is 103 Å². The lowest BCUT2D eigenvalue weighted by Gasteiger charge is -2.40. The first kappa shape index (κ1) is 27.7. The van der Waals surface area contributed by atoms with Crippen LogP contribution in [0.5, 0.6) is 0 Å². The van der Waals surface area contributed by atoms with Gasteiger partial charge in [0.25, 0.3) is 0 Å². The zero-order valence-corrected chi connectivity index (χ0v) is 22.7. The molecular weight excluding hydrogens is 494 g/mol. The molecule has 0 unspecified atom stereocenters. The molecule has 2 saturated heterocycles. The lowest BCUT2D eigenvalue weighted by molar-refractivity contribution is -0.165. The molecule has 0 saturated carbocycles. The van der Waals surface area contributed by atoms with Gasteiger partial charge in [-0.2, -0.15) is 0 Å². The van der Waals surface area contributed by atoms with Gasteiger partial charge >= 0.3 is 5.97 Å². The largest absolute Gasteiger partial charge is 0.462 e. The van der Waals surface area contributed by atoms with Crippen molar-refractivity contribution >= 4 is 11.9 Å². The molecule has 2 atom stereocenters. The van der Waals surface area contributed by atoms with Crippen LogP contribution in [0.15, 0.2) is 48.8 Å². The summed E-state index contributed by atoms with van der Waals surface area (Å²) in [6, 6.07) is 12.3. The molecular formula is C31H41N3O5. The number of hydrogen-bond donors (Lipinski definition) is 2. The van der Waals surface area contributed by atoms with Gasteiger partial charge in [-0.3, -0.25) is 19.5 Å². The van der Waals surface area contributed by atoms with Gasteiger partial charge in [0.05, 0.1) is 11.5 Å². The first-order valence-corrected chi connectivity index (χ1v) is 14.4. The zero-order chi connectivity index (χ0) is 27.2. The normalized spacial score (nSPS) is 25.3. The van der Waals surface area contributed by atoms with Gasteiger partial charge in [0.2, 0.25) is 5.91 Å². The number of pyridine rings is 1. The molecule has 1 spiro atoms. The average molecular weight is 536 g/mol. The van der Waals surface area contributed by atoms with Crippen molar-refractivity contribution in [2.45, 2.75) is 70.1 Å². The first-order chi connectivity index (χ1) is 18.9. The fourth-order valence-corrected chi connectivity index (χ4v) is 6.44. The lowest BCUT2D eigenvalue weighted by atomic mass is 9.74. The van der Waals surface area contributed by atoms with Crippen molar-refractivity contribution in [3.63, 3.8) is 0 Å². The van der Waals surface area contributed by atoms with Crippen molar-refractivity contribution in [3.8, 4) is 0 Å². The molecule has 5 rings (SSSR count). The highest BCUT2D eigenvalue weighted by atomic mass is 16.5. The number of cyclic esters (lactones) is 1. The highest BCUT2D eigenvalue weighted by molar-refractivity contribution is 5.80. The Kier molecular flexibility index (Phi) is 8.95. The Morgan fingerprint density at radius 3 is 2.31 bits per heavy atom. The second-order valence-corrected chi connectivity index (χ2v) is 11.6. The summed E-state index contributed by atoms with van der Waals surface area (Å²) < 4.78 is 5.62. The molecule has 2 aromatic rings. The van der Waals surface area contributed by atoms with Gasteiger partial charge in [-0.25, -0.2) is 0 Å². The number of amides is 1. The van der Waals surface area contributed by atoms with Crippen molar-refractivity contribution in [2.75, 3.05) is 32.8 Å². The van der Waals surface area contributed by atoms with E-state index in [0.29, 0.717) is 32.4 Å². The number of hydrogen-bond acceptors (Lipinski definition) is 7. The van der Waals surface area contributed by atoms with Crippen molar-refractivity contribution in [2.24, 2.45) is 11.3 Å². The quantitative estimate of drug-likeness (QED) is 0.583. The van der Waals surface area contributed by atoms with Crippen LogP contribution in [-0.2, 0) is 33.7 Å². The molecule has 0 bridgehead atoms. The third-order valence-electron chi connectivity index (χ3n) is 8.97. The molecule has 2 aliphatic heterocycles. The van der Waals surface area contributed by atoms with Crippen molar-refractivity contribution in [1.29, 1.82) is 0 Å². The van der Waals surface area contributed by atoms with Gasteiger partial charge in [0.1, 0.15) is 12.7 Å². The Morgan fingerprint density at radius 1 is 0.923 bits per heavy atom. The van der Waals surface area contributed by atoms with Crippen molar-refractivity contribution < 1.29 is 24.5 Å². The fraction of sp³-hybridized carbons (Fsp3) is 0.581. The van der Waals surface area contributed by atoms with Crippen LogP contribution in [0.25, 0.3) is 0 Å². The van der Waals surface area contributed by atoms with E-state index in [4.69, 9.17) is 4.74 Å². The Hall–Kier alpha value is -2.81. The van der Waals surface area contributed by atoms with Crippen molar-refractivity contribution in [3.05, 3.63) is 65.5 Å². The summed E-state index contributed by atoms with van der Waals surface area (Å²) in [5.74, 6) is -0.233. The van der Waals surface area contributed by atoms with E-state index in [0.717, 1.165) is 45.3 Å². The maximum atomic E-state index is 13.6. The van der Waals surface area contributed by atoms with Gasteiger partial charge < -0.3 is 19.8 Å². The zero-order valence-electron chi connectivity index (χ0n) is 22.7. The van der Waals surface area contributed by atoms with E-state index in [9.17, 15) is 19.8 Å². The Bertz CT molecular complexity index is 1090. The number of esters is 1. The summed E-state index contributed by atoms with van der Waals surface area (Å²) in [7, 11) is 0. The number of aliphatic hydroxyl groups excluding tert-OH is 2. The number of carbonyl (C=O) groups is 2. The number of nitrogens with zero attached hydrogens (tertiary/aromatic N) is 3. The van der Waals surface area contributed by atoms with E-state index in [1.807, 2.05) is 29.2 Å². The molecule has 1 amide bonds. The average Bonchev–Trinajstić information content (AvgIpc) is 3.40. The second kappa shape index (κ2) is 12.6. The number of likely N-dealkylation sites (tertiary alicyclic amines) is 1. The third kappa shape index (κ3) is 6.68. The SMILES string of the molecule is O=C(C1Cc2ccccc2C1)N1CCCCC2(CCN(Cc3ccncc3)CC2)C(=O)OC[C@@H](O)[C@@H](O)CC1. The predicted molar refractivity (Wildman–Crippen MR) is 147 cm³/mol. The summed E-state index contributed by atoms with van der Waals surface area (Å²) in [5.41, 5.74) is 3.08. The van der Waals surface area contributed by atoms with Gasteiger partial charge in [-0.15, -0.1) is 0 Å². The number of carbonyl (C=O) groups excluding carboxylic acids is 2.